The number of unbranched alkanes of at least 4 members (excludes halogenated alkanes) is 1. The molecular weight excluding hydrogens is 350 g/mol. The maximum absolute atomic E-state index is 11.3. The van der Waals surface area contributed by atoms with E-state index in [1.807, 2.05) is 19.2 Å². The number of aldehydes is 1. The Kier molecular flexibility index (Phi) is 14.5. The zero-order chi connectivity index (χ0) is 21.4. The van der Waals surface area contributed by atoms with Crippen molar-refractivity contribution in [1.82, 2.24) is 0 Å². The molecule has 158 valence electrons. The van der Waals surface area contributed by atoms with Gasteiger partial charge in [-0.15, -0.1) is 13.2 Å². The second kappa shape index (κ2) is 15.8. The fourth-order valence-corrected chi connectivity index (χ4v) is 3.20. The highest BCUT2D eigenvalue weighted by Gasteiger charge is 2.13. The normalized spacial score (nSPS) is 11.9. The standard InChI is InChI=1S/C21H35N3O2.C2H4/c1-4-16(8-6-7-10-22)9-11-26-21-13-17(18(14-23)15-25)12-20(24-3)19(21)5-2;1-2/h12-16,24H,4-11,22-23H2,1-3H3;1-2H2/b18-14+;. The Morgan fingerprint density at radius 3 is 2.46 bits per heavy atom. The van der Waals surface area contributed by atoms with E-state index in [0.29, 0.717) is 18.1 Å². The second-order valence-electron chi connectivity index (χ2n) is 6.54. The molecule has 5 heteroatoms. The molecule has 0 saturated carbocycles. The highest BCUT2D eigenvalue weighted by molar-refractivity contribution is 6.07. The number of carbonyl (C=O) groups is 1. The van der Waals surface area contributed by atoms with Gasteiger partial charge in [0.15, 0.2) is 6.29 Å². The number of nitrogens with one attached hydrogen (secondary N) is 1. The molecule has 28 heavy (non-hydrogen) atoms. The summed E-state index contributed by atoms with van der Waals surface area (Å²) in [6.45, 7) is 11.8. The highest BCUT2D eigenvalue weighted by atomic mass is 16.5. The van der Waals surface area contributed by atoms with Gasteiger partial charge in [-0.25, -0.2) is 0 Å². The van der Waals surface area contributed by atoms with Gasteiger partial charge in [0.25, 0.3) is 0 Å². The van der Waals surface area contributed by atoms with Crippen LogP contribution in [0.1, 0.15) is 57.1 Å². The molecule has 1 aromatic rings. The monoisotopic (exact) mass is 389 g/mol. The molecule has 0 amide bonds. The van der Waals surface area contributed by atoms with Gasteiger partial charge in [-0.2, -0.15) is 0 Å². The van der Waals surface area contributed by atoms with Gasteiger partial charge in [-0.3, -0.25) is 4.79 Å². The van der Waals surface area contributed by atoms with E-state index in [1.165, 1.54) is 19.0 Å². The molecule has 0 aliphatic heterocycles. The Balaban J connectivity index is 0.00000352. The first-order valence-corrected chi connectivity index (χ1v) is 10.2. The Morgan fingerprint density at radius 2 is 1.96 bits per heavy atom. The third-order valence-electron chi connectivity index (χ3n) is 4.90. The molecule has 0 radical (unpaired) electrons. The van der Waals surface area contributed by atoms with E-state index in [-0.39, 0.29) is 0 Å². The first-order valence-electron chi connectivity index (χ1n) is 10.2. The predicted octanol–water partition coefficient (Wildman–Crippen LogP) is 4.52. The molecule has 0 spiro atoms. The number of nitrogens with two attached hydrogens (primary N) is 2. The second-order valence-corrected chi connectivity index (χ2v) is 6.54. The molecule has 0 aliphatic carbocycles. The summed E-state index contributed by atoms with van der Waals surface area (Å²) < 4.78 is 6.14. The largest absolute Gasteiger partial charge is 0.493 e. The van der Waals surface area contributed by atoms with Crippen molar-refractivity contribution in [2.75, 3.05) is 25.5 Å². The number of hydrogen-bond donors (Lipinski definition) is 3. The molecule has 1 atom stereocenters. The van der Waals surface area contributed by atoms with Crippen molar-refractivity contribution >= 4 is 17.5 Å². The van der Waals surface area contributed by atoms with Gasteiger partial charge in [0, 0.05) is 30.1 Å². The Hall–Kier alpha value is -2.27. The van der Waals surface area contributed by atoms with Gasteiger partial charge >= 0.3 is 0 Å². The van der Waals surface area contributed by atoms with Gasteiger partial charge in [-0.05, 0) is 49.4 Å². The minimum Gasteiger partial charge on any atom is -0.493 e. The summed E-state index contributed by atoms with van der Waals surface area (Å²) in [6.07, 6.45) is 8.60. The maximum Gasteiger partial charge on any atom is 0.152 e. The molecule has 0 aliphatic rings. The predicted molar refractivity (Wildman–Crippen MR) is 122 cm³/mol. The first kappa shape index (κ1) is 25.7. The van der Waals surface area contributed by atoms with E-state index in [0.717, 1.165) is 61.1 Å². The lowest BCUT2D eigenvalue weighted by Crippen LogP contribution is -2.09. The van der Waals surface area contributed by atoms with Crippen LogP contribution >= 0.6 is 0 Å². The van der Waals surface area contributed by atoms with Crippen molar-refractivity contribution in [3.05, 3.63) is 42.6 Å². The molecule has 1 rings (SSSR count). The van der Waals surface area contributed by atoms with Crippen LogP contribution in [0.4, 0.5) is 5.69 Å². The van der Waals surface area contributed by atoms with Gasteiger partial charge in [-0.1, -0.05) is 33.1 Å². The summed E-state index contributed by atoms with van der Waals surface area (Å²) in [6, 6.07) is 3.86. The van der Waals surface area contributed by atoms with Crippen molar-refractivity contribution in [2.45, 2.75) is 52.4 Å². The van der Waals surface area contributed by atoms with E-state index in [4.69, 9.17) is 16.2 Å². The fraction of sp³-hybridized carbons (Fsp3) is 0.522. The van der Waals surface area contributed by atoms with Crippen LogP contribution in [0.5, 0.6) is 5.75 Å². The van der Waals surface area contributed by atoms with Crippen molar-refractivity contribution in [1.29, 1.82) is 0 Å². The van der Waals surface area contributed by atoms with Crippen LogP contribution in [0, 0.1) is 5.92 Å². The van der Waals surface area contributed by atoms with E-state index < -0.39 is 0 Å². The summed E-state index contributed by atoms with van der Waals surface area (Å²) in [4.78, 5) is 11.3. The highest BCUT2D eigenvalue weighted by Crippen LogP contribution is 2.32. The fourth-order valence-electron chi connectivity index (χ4n) is 3.20. The number of hydrogen-bond acceptors (Lipinski definition) is 5. The minimum absolute atomic E-state index is 0.460. The quantitative estimate of drug-likeness (QED) is 0.200. The molecule has 0 heterocycles. The Morgan fingerprint density at radius 1 is 1.25 bits per heavy atom. The molecule has 5 N–H and O–H groups in total. The molecule has 0 aromatic heterocycles. The lowest BCUT2D eigenvalue weighted by atomic mass is 9.96. The van der Waals surface area contributed by atoms with Crippen LogP contribution in [0.2, 0.25) is 0 Å². The zero-order valence-corrected chi connectivity index (χ0v) is 17.9. The molecule has 0 fully saturated rings. The zero-order valence-electron chi connectivity index (χ0n) is 17.9. The number of benzene rings is 1. The summed E-state index contributed by atoms with van der Waals surface area (Å²) in [5.41, 5.74) is 14.5. The number of ether oxygens (including phenoxy) is 1. The van der Waals surface area contributed by atoms with E-state index >= 15 is 0 Å². The van der Waals surface area contributed by atoms with Gasteiger partial charge < -0.3 is 21.5 Å². The van der Waals surface area contributed by atoms with Crippen molar-refractivity contribution in [3.63, 3.8) is 0 Å². The lowest BCUT2D eigenvalue weighted by Gasteiger charge is -2.19. The molecule has 0 bridgehead atoms. The average Bonchev–Trinajstić information content (AvgIpc) is 2.74. The van der Waals surface area contributed by atoms with Crippen LogP contribution in [0.3, 0.4) is 0 Å². The Bertz CT molecular complexity index is 600. The van der Waals surface area contributed by atoms with Crippen LogP contribution in [-0.2, 0) is 11.2 Å². The molecule has 1 aromatic carbocycles. The van der Waals surface area contributed by atoms with Crippen molar-refractivity contribution < 1.29 is 9.53 Å². The summed E-state index contributed by atoms with van der Waals surface area (Å²) in [5.74, 6) is 1.49. The first-order chi connectivity index (χ1) is 13.6. The molecular formula is C23H39N3O2. The van der Waals surface area contributed by atoms with Crippen molar-refractivity contribution in [2.24, 2.45) is 17.4 Å². The third kappa shape index (κ3) is 8.17. The van der Waals surface area contributed by atoms with Gasteiger partial charge in [0.1, 0.15) is 5.75 Å². The summed E-state index contributed by atoms with van der Waals surface area (Å²) in [5, 5.41) is 3.20. The van der Waals surface area contributed by atoms with Crippen LogP contribution in [0.25, 0.3) is 5.57 Å². The topological polar surface area (TPSA) is 90.4 Å². The summed E-state index contributed by atoms with van der Waals surface area (Å²) in [7, 11) is 1.87. The van der Waals surface area contributed by atoms with Crippen LogP contribution in [0.15, 0.2) is 31.5 Å². The average molecular weight is 390 g/mol. The molecule has 0 saturated heterocycles. The van der Waals surface area contributed by atoms with Gasteiger partial charge in [0.05, 0.1) is 6.61 Å². The summed E-state index contributed by atoms with van der Waals surface area (Å²) >= 11 is 0. The molecule has 5 nitrogen and oxygen atoms in total. The number of anilines is 1. The lowest BCUT2D eigenvalue weighted by molar-refractivity contribution is -0.103. The number of rotatable bonds is 13. The van der Waals surface area contributed by atoms with Crippen LogP contribution in [-0.4, -0.2) is 26.5 Å². The van der Waals surface area contributed by atoms with E-state index in [9.17, 15) is 4.79 Å². The van der Waals surface area contributed by atoms with Gasteiger partial charge in [0.2, 0.25) is 0 Å². The van der Waals surface area contributed by atoms with E-state index in [2.05, 4.69) is 32.3 Å². The van der Waals surface area contributed by atoms with Crippen LogP contribution < -0.4 is 21.5 Å². The van der Waals surface area contributed by atoms with Crippen molar-refractivity contribution in [3.8, 4) is 5.75 Å². The Labute approximate surface area is 171 Å². The number of carbonyl (C=O) groups excluding carboxylic acids is 1. The smallest absolute Gasteiger partial charge is 0.152 e. The maximum atomic E-state index is 11.3. The molecule has 1 unspecified atom stereocenters. The third-order valence-corrected chi connectivity index (χ3v) is 4.90. The SMILES string of the molecule is C=C.CCc1c(NC)cc(/C(C=O)=C/N)cc1OCCC(CC)CCCCN. The minimum atomic E-state index is 0.460. The van der Waals surface area contributed by atoms with E-state index in [1.54, 1.807) is 0 Å². The number of allylic oxidation sites excluding steroid dienone is 1.